The van der Waals surface area contributed by atoms with Crippen LogP contribution in [0, 0.1) is 5.41 Å². The van der Waals surface area contributed by atoms with Gasteiger partial charge in [-0.2, -0.15) is 0 Å². The fraction of sp³-hybridized carbons (Fsp3) is 0.609. The molecule has 2 N–H and O–H groups in total. The molecule has 0 heterocycles. The second-order valence-electron chi connectivity index (χ2n) is 9.00. The number of aryl methyl sites for hydroxylation is 1. The van der Waals surface area contributed by atoms with Crippen molar-refractivity contribution in [3.05, 3.63) is 29.3 Å². The highest BCUT2D eigenvalue weighted by Crippen LogP contribution is 2.21. The van der Waals surface area contributed by atoms with Gasteiger partial charge in [-0.25, -0.2) is 4.79 Å². The highest BCUT2D eigenvalue weighted by Gasteiger charge is 2.31. The Morgan fingerprint density at radius 3 is 2.23 bits per heavy atom. The van der Waals surface area contributed by atoms with E-state index in [0.29, 0.717) is 0 Å². The van der Waals surface area contributed by atoms with Crippen LogP contribution in [0.5, 0.6) is 5.75 Å². The Morgan fingerprint density at radius 1 is 1.06 bits per heavy atom. The maximum Gasteiger partial charge on any atom is 0.408 e. The predicted molar refractivity (Wildman–Crippen MR) is 118 cm³/mol. The summed E-state index contributed by atoms with van der Waals surface area (Å²) in [6, 6.07) is 4.76. The Kier molecular flexibility index (Phi) is 9.34. The zero-order valence-corrected chi connectivity index (χ0v) is 19.9. The summed E-state index contributed by atoms with van der Waals surface area (Å²) in [7, 11) is 2.91. The van der Waals surface area contributed by atoms with Crippen molar-refractivity contribution in [1.82, 2.24) is 10.6 Å². The molecule has 2 amide bonds. The van der Waals surface area contributed by atoms with Gasteiger partial charge in [0.2, 0.25) is 5.91 Å². The van der Waals surface area contributed by atoms with Crippen LogP contribution in [0.3, 0.4) is 0 Å². The van der Waals surface area contributed by atoms with Crippen LogP contribution in [0.1, 0.15) is 52.7 Å². The summed E-state index contributed by atoms with van der Waals surface area (Å²) in [5, 5.41) is 5.39. The first-order chi connectivity index (χ1) is 14.3. The lowest BCUT2D eigenvalue weighted by Crippen LogP contribution is -2.51. The summed E-state index contributed by atoms with van der Waals surface area (Å²) >= 11 is 0. The highest BCUT2D eigenvalue weighted by atomic mass is 16.6. The minimum Gasteiger partial charge on any atom is -0.496 e. The van der Waals surface area contributed by atoms with E-state index in [9.17, 15) is 14.4 Å². The van der Waals surface area contributed by atoms with Crippen LogP contribution in [-0.2, 0) is 31.9 Å². The quantitative estimate of drug-likeness (QED) is 0.577. The van der Waals surface area contributed by atoms with Gasteiger partial charge in [0.1, 0.15) is 17.4 Å². The molecule has 0 saturated heterocycles. The second-order valence-corrected chi connectivity index (χ2v) is 9.00. The van der Waals surface area contributed by atoms with E-state index < -0.39 is 35.0 Å². The topological polar surface area (TPSA) is 103 Å². The van der Waals surface area contributed by atoms with Crippen LogP contribution < -0.4 is 15.4 Å². The van der Waals surface area contributed by atoms with E-state index in [1.54, 1.807) is 41.7 Å². The number of nitrogens with one attached hydrogen (secondary N) is 2. The molecule has 0 saturated carbocycles. The van der Waals surface area contributed by atoms with E-state index in [1.807, 2.05) is 25.1 Å². The van der Waals surface area contributed by atoms with Crippen LogP contribution in [-0.4, -0.2) is 50.4 Å². The molecular weight excluding hydrogens is 400 g/mol. The van der Waals surface area contributed by atoms with Gasteiger partial charge in [0, 0.05) is 13.0 Å². The number of hydrogen-bond acceptors (Lipinski definition) is 6. The Bertz CT molecular complexity index is 783. The maximum atomic E-state index is 12.9. The fourth-order valence-corrected chi connectivity index (χ4v) is 2.91. The van der Waals surface area contributed by atoms with E-state index in [0.717, 1.165) is 23.3 Å². The van der Waals surface area contributed by atoms with Crippen molar-refractivity contribution in [2.45, 2.75) is 66.0 Å². The summed E-state index contributed by atoms with van der Waals surface area (Å²) in [5.74, 6) is -0.0870. The molecular formula is C23H36N2O6. The standard InChI is InChI=1S/C23H36N2O6/c1-9-16-12-15(10-11-18(16)29-7)13-17(25-21(28)31-22(2,3)4)19(26)24-14-23(5,6)20(27)30-8/h10-12,17H,9,13-14H2,1-8H3,(H,24,26)(H,25,28)/t17-/m1/s1. The zero-order chi connectivity index (χ0) is 23.8. The van der Waals surface area contributed by atoms with Gasteiger partial charge in [0.25, 0.3) is 0 Å². The first kappa shape index (κ1) is 26.3. The lowest BCUT2D eigenvalue weighted by atomic mass is 9.93. The average Bonchev–Trinajstić information content (AvgIpc) is 2.69. The SMILES string of the molecule is CCc1cc(C[C@@H](NC(=O)OC(C)(C)C)C(=O)NCC(C)(C)C(=O)OC)ccc1OC. The number of hydrogen-bond donors (Lipinski definition) is 2. The molecule has 0 aliphatic rings. The molecule has 1 aromatic rings. The summed E-state index contributed by atoms with van der Waals surface area (Å²) in [6.07, 6.45) is 0.325. The third-order valence-corrected chi connectivity index (χ3v) is 4.62. The van der Waals surface area contributed by atoms with Crippen molar-refractivity contribution < 1.29 is 28.6 Å². The third kappa shape index (κ3) is 8.47. The number of alkyl carbamates (subject to hydrolysis) is 1. The molecule has 31 heavy (non-hydrogen) atoms. The van der Waals surface area contributed by atoms with Gasteiger partial charge in [-0.1, -0.05) is 19.1 Å². The first-order valence-corrected chi connectivity index (χ1v) is 10.3. The Hall–Kier alpha value is -2.77. The van der Waals surface area contributed by atoms with Crippen LogP contribution in [0.2, 0.25) is 0 Å². The van der Waals surface area contributed by atoms with E-state index in [2.05, 4.69) is 10.6 Å². The number of carbonyl (C=O) groups is 3. The van der Waals surface area contributed by atoms with Crippen LogP contribution >= 0.6 is 0 Å². The van der Waals surface area contributed by atoms with E-state index in [-0.39, 0.29) is 13.0 Å². The summed E-state index contributed by atoms with van der Waals surface area (Å²) in [6.45, 7) is 10.7. The third-order valence-electron chi connectivity index (χ3n) is 4.62. The van der Waals surface area contributed by atoms with Crippen molar-refractivity contribution >= 4 is 18.0 Å². The van der Waals surface area contributed by atoms with Gasteiger partial charge in [-0.05, 0) is 58.2 Å². The summed E-state index contributed by atoms with van der Waals surface area (Å²) in [5.41, 5.74) is 0.258. The molecule has 0 aromatic heterocycles. The van der Waals surface area contributed by atoms with E-state index >= 15 is 0 Å². The molecule has 0 fully saturated rings. The molecule has 1 rings (SSSR count). The molecule has 0 bridgehead atoms. The molecule has 0 spiro atoms. The average molecular weight is 437 g/mol. The Labute approximate surface area is 185 Å². The number of rotatable bonds is 9. The molecule has 0 aliphatic heterocycles. The fourth-order valence-electron chi connectivity index (χ4n) is 2.91. The van der Waals surface area contributed by atoms with Gasteiger partial charge in [0.15, 0.2) is 0 Å². The van der Waals surface area contributed by atoms with Crippen LogP contribution in [0.25, 0.3) is 0 Å². The predicted octanol–water partition coefficient (Wildman–Crippen LogP) is 3.01. The van der Waals surface area contributed by atoms with Gasteiger partial charge in [-0.15, -0.1) is 0 Å². The minimum atomic E-state index is -0.906. The van der Waals surface area contributed by atoms with Crippen molar-refractivity contribution in [2.75, 3.05) is 20.8 Å². The summed E-state index contributed by atoms with van der Waals surface area (Å²) < 4.78 is 15.5. The molecule has 0 aliphatic carbocycles. The highest BCUT2D eigenvalue weighted by molar-refractivity contribution is 5.86. The van der Waals surface area contributed by atoms with Gasteiger partial charge in [0.05, 0.1) is 19.6 Å². The molecule has 1 aromatic carbocycles. The number of amides is 2. The molecule has 1 atom stereocenters. The van der Waals surface area contributed by atoms with E-state index in [4.69, 9.17) is 14.2 Å². The summed E-state index contributed by atoms with van der Waals surface area (Å²) in [4.78, 5) is 37.2. The Balaban J connectivity index is 3.04. The normalized spacial score (nSPS) is 12.5. The Morgan fingerprint density at radius 2 is 1.71 bits per heavy atom. The zero-order valence-electron chi connectivity index (χ0n) is 19.9. The molecule has 8 heteroatoms. The second kappa shape index (κ2) is 11.0. The lowest BCUT2D eigenvalue weighted by molar-refractivity contribution is -0.150. The molecule has 0 radical (unpaired) electrons. The largest absolute Gasteiger partial charge is 0.496 e. The van der Waals surface area contributed by atoms with Crippen LogP contribution in [0.15, 0.2) is 18.2 Å². The number of benzene rings is 1. The lowest BCUT2D eigenvalue weighted by Gasteiger charge is -2.26. The van der Waals surface area contributed by atoms with Crippen molar-refractivity contribution in [3.63, 3.8) is 0 Å². The van der Waals surface area contributed by atoms with Gasteiger partial charge < -0.3 is 24.8 Å². The minimum absolute atomic E-state index is 0.0633. The number of methoxy groups -OCH3 is 2. The molecule has 0 unspecified atom stereocenters. The first-order valence-electron chi connectivity index (χ1n) is 10.3. The number of carbonyl (C=O) groups excluding carboxylic acids is 3. The maximum absolute atomic E-state index is 12.9. The van der Waals surface area contributed by atoms with Gasteiger partial charge in [-0.3, -0.25) is 9.59 Å². The van der Waals surface area contributed by atoms with Crippen LogP contribution in [0.4, 0.5) is 4.79 Å². The van der Waals surface area contributed by atoms with E-state index in [1.165, 1.54) is 7.11 Å². The molecule has 8 nitrogen and oxygen atoms in total. The van der Waals surface area contributed by atoms with Crippen molar-refractivity contribution in [1.29, 1.82) is 0 Å². The number of ether oxygens (including phenoxy) is 3. The smallest absolute Gasteiger partial charge is 0.408 e. The monoisotopic (exact) mass is 436 g/mol. The van der Waals surface area contributed by atoms with Crippen molar-refractivity contribution in [3.8, 4) is 5.75 Å². The van der Waals surface area contributed by atoms with Crippen molar-refractivity contribution in [2.24, 2.45) is 5.41 Å². The van der Waals surface area contributed by atoms with Gasteiger partial charge >= 0.3 is 12.1 Å². The number of esters is 1. The molecule has 174 valence electrons.